The van der Waals surface area contributed by atoms with Gasteiger partial charge >= 0.3 is 0 Å². The van der Waals surface area contributed by atoms with Gasteiger partial charge in [-0.2, -0.15) is 9.61 Å². The van der Waals surface area contributed by atoms with Crippen LogP contribution >= 0.6 is 0 Å². The summed E-state index contributed by atoms with van der Waals surface area (Å²) in [5, 5.41) is 7.82. The van der Waals surface area contributed by atoms with Crippen LogP contribution < -0.4 is 15.0 Å². The largest absolute Gasteiger partial charge is 0.495 e. The summed E-state index contributed by atoms with van der Waals surface area (Å²) in [6.07, 6.45) is 1.46. The number of carbonyl (C=O) groups excluding carboxylic acids is 1. The summed E-state index contributed by atoms with van der Waals surface area (Å²) in [6.45, 7) is 5.41. The van der Waals surface area contributed by atoms with E-state index in [2.05, 4.69) is 15.2 Å². The molecule has 8 heteroatoms. The number of benzene rings is 2. The molecule has 1 N–H and O–H groups in total. The van der Waals surface area contributed by atoms with Gasteiger partial charge in [0, 0.05) is 42.4 Å². The number of nitrogens with one attached hydrogen (secondary N) is 1. The first kappa shape index (κ1) is 22.8. The molecule has 2 aromatic heterocycles. The van der Waals surface area contributed by atoms with E-state index in [4.69, 9.17) is 9.84 Å². The van der Waals surface area contributed by atoms with Crippen molar-refractivity contribution in [2.45, 2.75) is 26.7 Å². The number of amides is 1. The van der Waals surface area contributed by atoms with Crippen molar-refractivity contribution in [1.29, 1.82) is 0 Å². The van der Waals surface area contributed by atoms with Crippen LogP contribution in [0, 0.1) is 25.6 Å². The number of fused-ring (bicyclic) bond motifs is 1. The van der Waals surface area contributed by atoms with Gasteiger partial charge < -0.3 is 15.0 Å². The molecular formula is C27H28FN5O2. The number of halogens is 1. The molecule has 1 aliphatic rings. The van der Waals surface area contributed by atoms with Crippen LogP contribution in [0.1, 0.15) is 24.1 Å². The van der Waals surface area contributed by atoms with Gasteiger partial charge in [0.2, 0.25) is 5.91 Å². The molecule has 0 unspecified atom stereocenters. The Morgan fingerprint density at radius 1 is 1.06 bits per heavy atom. The second-order valence-corrected chi connectivity index (χ2v) is 9.02. The van der Waals surface area contributed by atoms with Crippen molar-refractivity contribution in [3.63, 3.8) is 0 Å². The van der Waals surface area contributed by atoms with Crippen LogP contribution in [0.2, 0.25) is 0 Å². The fraction of sp³-hybridized carbons (Fsp3) is 0.296. The average molecular weight is 474 g/mol. The molecule has 7 nitrogen and oxygen atoms in total. The number of rotatable bonds is 5. The second kappa shape index (κ2) is 9.37. The summed E-state index contributed by atoms with van der Waals surface area (Å²) in [6, 6.07) is 16.0. The maximum atomic E-state index is 13.4. The number of aryl methyl sites for hydroxylation is 2. The Morgan fingerprint density at radius 3 is 2.51 bits per heavy atom. The molecule has 0 bridgehead atoms. The Labute approximate surface area is 203 Å². The molecule has 0 aliphatic carbocycles. The number of ether oxygens (including phenoxy) is 1. The van der Waals surface area contributed by atoms with Gasteiger partial charge in [-0.1, -0.05) is 6.07 Å². The zero-order valence-corrected chi connectivity index (χ0v) is 20.1. The van der Waals surface area contributed by atoms with Gasteiger partial charge in [-0.25, -0.2) is 9.37 Å². The molecule has 4 aromatic rings. The Kier molecular flexibility index (Phi) is 6.11. The second-order valence-electron chi connectivity index (χ2n) is 9.02. The number of piperidine rings is 1. The first-order chi connectivity index (χ1) is 16.9. The molecule has 1 aliphatic heterocycles. The fourth-order valence-electron chi connectivity index (χ4n) is 4.59. The van der Waals surface area contributed by atoms with E-state index in [1.165, 1.54) is 12.1 Å². The first-order valence-electron chi connectivity index (χ1n) is 11.7. The number of carbonyl (C=O) groups is 1. The molecule has 35 heavy (non-hydrogen) atoms. The first-order valence-corrected chi connectivity index (χ1v) is 11.7. The maximum Gasteiger partial charge on any atom is 0.227 e. The molecule has 1 saturated heterocycles. The van der Waals surface area contributed by atoms with Crippen molar-refractivity contribution in [2.24, 2.45) is 5.92 Å². The molecule has 5 rings (SSSR count). The third-order valence-electron chi connectivity index (χ3n) is 6.48. The highest BCUT2D eigenvalue weighted by Gasteiger charge is 2.27. The normalized spacial score (nSPS) is 14.3. The number of methoxy groups -OCH3 is 1. The van der Waals surface area contributed by atoms with Crippen molar-refractivity contribution in [1.82, 2.24) is 14.6 Å². The molecule has 3 heterocycles. The lowest BCUT2D eigenvalue weighted by molar-refractivity contribution is -0.120. The Balaban J connectivity index is 1.33. The summed E-state index contributed by atoms with van der Waals surface area (Å²) in [5.41, 5.74) is 4.98. The van der Waals surface area contributed by atoms with Crippen LogP contribution in [-0.2, 0) is 4.79 Å². The third kappa shape index (κ3) is 4.69. The highest BCUT2D eigenvalue weighted by atomic mass is 19.1. The van der Waals surface area contributed by atoms with Gasteiger partial charge in [0.1, 0.15) is 17.4 Å². The Bertz CT molecular complexity index is 1370. The van der Waals surface area contributed by atoms with Crippen LogP contribution in [0.5, 0.6) is 5.75 Å². The molecule has 0 atom stereocenters. The van der Waals surface area contributed by atoms with E-state index < -0.39 is 0 Å². The predicted octanol–water partition coefficient (Wildman–Crippen LogP) is 5.02. The van der Waals surface area contributed by atoms with Crippen molar-refractivity contribution < 1.29 is 13.9 Å². The number of aromatic nitrogens is 3. The summed E-state index contributed by atoms with van der Waals surface area (Å²) in [5.74, 6) is 1.26. The summed E-state index contributed by atoms with van der Waals surface area (Å²) < 4.78 is 20.6. The van der Waals surface area contributed by atoms with E-state index >= 15 is 0 Å². The zero-order valence-electron chi connectivity index (χ0n) is 20.1. The van der Waals surface area contributed by atoms with Gasteiger partial charge in [-0.3, -0.25) is 4.79 Å². The summed E-state index contributed by atoms with van der Waals surface area (Å²) >= 11 is 0. The van der Waals surface area contributed by atoms with Crippen molar-refractivity contribution in [3.05, 3.63) is 71.7 Å². The van der Waals surface area contributed by atoms with E-state index in [1.54, 1.807) is 19.2 Å². The minimum atomic E-state index is -0.278. The molecule has 1 fully saturated rings. The molecular weight excluding hydrogens is 445 g/mol. The molecule has 180 valence electrons. The van der Waals surface area contributed by atoms with Crippen LogP contribution in [0.4, 0.5) is 15.9 Å². The van der Waals surface area contributed by atoms with Crippen LogP contribution in [0.3, 0.4) is 0 Å². The average Bonchev–Trinajstić information content (AvgIpc) is 3.28. The lowest BCUT2D eigenvalue weighted by Crippen LogP contribution is -2.39. The van der Waals surface area contributed by atoms with Gasteiger partial charge in [-0.15, -0.1) is 0 Å². The lowest BCUT2D eigenvalue weighted by Gasteiger charge is -2.33. The van der Waals surface area contributed by atoms with Crippen molar-refractivity contribution in [3.8, 4) is 17.0 Å². The third-order valence-corrected chi connectivity index (χ3v) is 6.48. The number of anilines is 2. The Hall–Kier alpha value is -3.94. The van der Waals surface area contributed by atoms with Crippen molar-refractivity contribution >= 4 is 23.1 Å². The lowest BCUT2D eigenvalue weighted by atomic mass is 9.95. The van der Waals surface area contributed by atoms with Crippen LogP contribution in [-0.4, -0.2) is 40.7 Å². The van der Waals surface area contributed by atoms with E-state index in [-0.39, 0.29) is 17.6 Å². The van der Waals surface area contributed by atoms with E-state index in [9.17, 15) is 9.18 Å². The smallest absolute Gasteiger partial charge is 0.227 e. The molecule has 0 radical (unpaired) electrons. The Morgan fingerprint density at radius 2 is 1.80 bits per heavy atom. The monoisotopic (exact) mass is 473 g/mol. The van der Waals surface area contributed by atoms with Gasteiger partial charge in [0.15, 0.2) is 5.65 Å². The topological polar surface area (TPSA) is 71.8 Å². The van der Waals surface area contributed by atoms with E-state index in [0.29, 0.717) is 11.4 Å². The summed E-state index contributed by atoms with van der Waals surface area (Å²) in [4.78, 5) is 19.9. The van der Waals surface area contributed by atoms with Crippen molar-refractivity contribution in [2.75, 3.05) is 30.4 Å². The molecule has 1 amide bonds. The van der Waals surface area contributed by atoms with E-state index in [0.717, 1.165) is 59.9 Å². The number of nitrogens with zero attached hydrogens (tertiary/aromatic N) is 4. The standard InChI is InChI=1S/C27H28FN5O2/c1-17-4-9-24(35-3)23(14-17)30-27(34)20-10-12-32(13-11-20)26-15-18(2)29-25-16-22(31-33(25)26)19-5-7-21(28)8-6-19/h4-9,14-16,20H,10-13H2,1-3H3,(H,30,34). The fourth-order valence-corrected chi connectivity index (χ4v) is 4.59. The predicted molar refractivity (Wildman–Crippen MR) is 134 cm³/mol. The van der Waals surface area contributed by atoms with Crippen LogP contribution in [0.15, 0.2) is 54.6 Å². The van der Waals surface area contributed by atoms with E-state index in [1.807, 2.05) is 48.7 Å². The number of hydrogen-bond acceptors (Lipinski definition) is 5. The SMILES string of the molecule is COc1ccc(C)cc1NC(=O)C1CCN(c2cc(C)nc3cc(-c4ccc(F)cc4)nn23)CC1. The van der Waals surface area contributed by atoms with Gasteiger partial charge in [-0.05, 0) is 68.7 Å². The maximum absolute atomic E-state index is 13.4. The highest BCUT2D eigenvalue weighted by molar-refractivity contribution is 5.94. The highest BCUT2D eigenvalue weighted by Crippen LogP contribution is 2.30. The zero-order chi connectivity index (χ0) is 24.5. The summed E-state index contributed by atoms with van der Waals surface area (Å²) in [7, 11) is 1.60. The molecule has 0 spiro atoms. The van der Waals surface area contributed by atoms with Gasteiger partial charge in [0.25, 0.3) is 0 Å². The van der Waals surface area contributed by atoms with Gasteiger partial charge in [0.05, 0.1) is 18.5 Å². The minimum Gasteiger partial charge on any atom is -0.495 e. The van der Waals surface area contributed by atoms with Crippen LogP contribution in [0.25, 0.3) is 16.9 Å². The minimum absolute atomic E-state index is 0.0160. The molecule has 2 aromatic carbocycles. The quantitative estimate of drug-likeness (QED) is 0.441. The molecule has 0 saturated carbocycles. The number of hydrogen-bond donors (Lipinski definition) is 1.